The summed E-state index contributed by atoms with van der Waals surface area (Å²) in [5.74, 6) is -0.185. The van der Waals surface area contributed by atoms with Gasteiger partial charge in [0.2, 0.25) is 17.6 Å². The average molecular weight is 480 g/mol. The number of anilines is 2. The first kappa shape index (κ1) is 22.5. The molecule has 0 fully saturated rings. The van der Waals surface area contributed by atoms with Crippen molar-refractivity contribution in [3.05, 3.63) is 83.6 Å². The van der Waals surface area contributed by atoms with Gasteiger partial charge in [-0.25, -0.2) is 15.0 Å². The quantitative estimate of drug-likeness (QED) is 0.287. The number of carbonyl (C=O) groups is 2. The van der Waals surface area contributed by atoms with Crippen molar-refractivity contribution in [2.75, 3.05) is 10.6 Å². The van der Waals surface area contributed by atoms with Crippen molar-refractivity contribution in [1.29, 1.82) is 0 Å². The maximum Gasteiger partial charge on any atom is 0.295 e. The van der Waals surface area contributed by atoms with E-state index in [0.29, 0.717) is 11.6 Å². The summed E-state index contributed by atoms with van der Waals surface area (Å²) >= 11 is 0. The van der Waals surface area contributed by atoms with Crippen LogP contribution >= 0.6 is 0 Å². The van der Waals surface area contributed by atoms with Crippen molar-refractivity contribution < 1.29 is 9.59 Å². The zero-order valence-corrected chi connectivity index (χ0v) is 19.3. The molecule has 0 bridgehead atoms. The van der Waals surface area contributed by atoms with Crippen molar-refractivity contribution >= 4 is 23.6 Å². The van der Waals surface area contributed by atoms with E-state index in [0.717, 1.165) is 22.3 Å². The number of nitrogens with one attached hydrogen (secondary N) is 4. The van der Waals surface area contributed by atoms with E-state index < -0.39 is 11.8 Å². The molecule has 0 atom stereocenters. The zero-order valence-electron chi connectivity index (χ0n) is 19.3. The molecule has 2 amide bonds. The lowest BCUT2D eigenvalue weighted by Crippen LogP contribution is -2.18. The van der Waals surface area contributed by atoms with E-state index in [9.17, 15) is 9.59 Å². The molecular formula is C24H20N10O2. The summed E-state index contributed by atoms with van der Waals surface area (Å²) in [7, 11) is 0. The monoisotopic (exact) mass is 480 g/mol. The number of hydrogen-bond donors (Lipinski definition) is 4. The molecule has 5 aromatic rings. The van der Waals surface area contributed by atoms with Crippen LogP contribution in [0.15, 0.2) is 60.8 Å². The normalized spacial score (nSPS) is 10.7. The summed E-state index contributed by atoms with van der Waals surface area (Å²) in [5.41, 5.74) is 3.67. The number of H-pyrrole nitrogens is 2. The zero-order chi connectivity index (χ0) is 25.1. The van der Waals surface area contributed by atoms with Crippen molar-refractivity contribution in [1.82, 2.24) is 40.3 Å². The van der Waals surface area contributed by atoms with E-state index in [4.69, 9.17) is 0 Å². The Morgan fingerprint density at radius 2 is 1.28 bits per heavy atom. The standard InChI is InChI=1S/C24H20N10O2/c1-13-5-3-7-15(11-13)18-28-20(33-31-18)22(35)26-17-9-10-25-24(27-17)30-23(36)21-29-19(32-34-21)16-8-4-6-14(2)12-16/h3-12H,1-2H3,(H,28,31,33)(H,29,32,34)(H2,25,26,27,30,35,36). The highest BCUT2D eigenvalue weighted by molar-refractivity contribution is 6.02. The molecule has 5 rings (SSSR count). The lowest BCUT2D eigenvalue weighted by Gasteiger charge is -2.05. The van der Waals surface area contributed by atoms with Crippen LogP contribution in [0.25, 0.3) is 22.8 Å². The minimum Gasteiger partial charge on any atom is -0.304 e. The van der Waals surface area contributed by atoms with Gasteiger partial charge in [0.05, 0.1) is 0 Å². The molecule has 12 nitrogen and oxygen atoms in total. The van der Waals surface area contributed by atoms with Gasteiger partial charge in [0.25, 0.3) is 11.8 Å². The minimum absolute atomic E-state index is 0.00474. The van der Waals surface area contributed by atoms with Crippen LogP contribution in [0.4, 0.5) is 11.8 Å². The topological polar surface area (TPSA) is 167 Å². The molecule has 4 N–H and O–H groups in total. The van der Waals surface area contributed by atoms with Crippen LogP contribution in [0.2, 0.25) is 0 Å². The summed E-state index contributed by atoms with van der Waals surface area (Å²) in [5, 5.41) is 18.6. The molecule has 0 saturated heterocycles. The van der Waals surface area contributed by atoms with Crippen LogP contribution in [0, 0.1) is 13.8 Å². The van der Waals surface area contributed by atoms with Gasteiger partial charge in [-0.1, -0.05) is 47.5 Å². The predicted molar refractivity (Wildman–Crippen MR) is 131 cm³/mol. The Labute approximate surface area is 204 Å². The van der Waals surface area contributed by atoms with E-state index >= 15 is 0 Å². The second-order valence-corrected chi connectivity index (χ2v) is 7.93. The average Bonchev–Trinajstić information content (AvgIpc) is 3.55. The molecule has 0 unspecified atom stereocenters. The number of aromatic nitrogens is 8. The largest absolute Gasteiger partial charge is 0.304 e. The predicted octanol–water partition coefficient (Wildman–Crippen LogP) is 3.17. The van der Waals surface area contributed by atoms with Gasteiger partial charge in [0.1, 0.15) is 5.82 Å². The van der Waals surface area contributed by atoms with E-state index in [1.807, 2.05) is 62.4 Å². The van der Waals surface area contributed by atoms with E-state index in [1.54, 1.807) is 0 Å². The van der Waals surface area contributed by atoms with Crippen LogP contribution in [-0.4, -0.2) is 52.1 Å². The number of amides is 2. The number of rotatable bonds is 6. The van der Waals surface area contributed by atoms with Crippen LogP contribution in [-0.2, 0) is 0 Å². The van der Waals surface area contributed by atoms with Gasteiger partial charge in [-0.15, -0.1) is 0 Å². The minimum atomic E-state index is -0.581. The van der Waals surface area contributed by atoms with Gasteiger partial charge < -0.3 is 5.32 Å². The maximum absolute atomic E-state index is 12.6. The Balaban J connectivity index is 1.25. The van der Waals surface area contributed by atoms with Crippen LogP contribution in [0.5, 0.6) is 0 Å². The summed E-state index contributed by atoms with van der Waals surface area (Å²) < 4.78 is 0. The van der Waals surface area contributed by atoms with Crippen LogP contribution in [0.1, 0.15) is 32.4 Å². The van der Waals surface area contributed by atoms with Crippen LogP contribution < -0.4 is 10.6 Å². The highest BCUT2D eigenvalue weighted by Crippen LogP contribution is 2.17. The van der Waals surface area contributed by atoms with Crippen molar-refractivity contribution in [3.63, 3.8) is 0 Å². The molecule has 36 heavy (non-hydrogen) atoms. The number of benzene rings is 2. The summed E-state index contributed by atoms with van der Waals surface area (Å²) in [6.07, 6.45) is 1.40. The van der Waals surface area contributed by atoms with Gasteiger partial charge in [-0.05, 0) is 32.0 Å². The second kappa shape index (κ2) is 9.54. The molecule has 0 aliphatic carbocycles. The highest BCUT2D eigenvalue weighted by Gasteiger charge is 2.17. The number of aryl methyl sites for hydroxylation is 2. The molecule has 0 spiro atoms. The lowest BCUT2D eigenvalue weighted by atomic mass is 10.1. The maximum atomic E-state index is 12.6. The Morgan fingerprint density at radius 3 is 1.83 bits per heavy atom. The van der Waals surface area contributed by atoms with Crippen LogP contribution in [0.3, 0.4) is 0 Å². The number of hydrogen-bond acceptors (Lipinski definition) is 8. The number of carbonyl (C=O) groups excluding carboxylic acids is 2. The van der Waals surface area contributed by atoms with Crippen molar-refractivity contribution in [3.8, 4) is 22.8 Å². The molecule has 0 saturated carbocycles. The molecule has 3 heterocycles. The molecule has 178 valence electrons. The van der Waals surface area contributed by atoms with Crippen molar-refractivity contribution in [2.45, 2.75) is 13.8 Å². The molecule has 2 aromatic carbocycles. The second-order valence-electron chi connectivity index (χ2n) is 7.93. The third-order valence-electron chi connectivity index (χ3n) is 5.08. The molecule has 3 aromatic heterocycles. The molecule has 12 heteroatoms. The first-order valence-corrected chi connectivity index (χ1v) is 10.9. The Bertz CT molecular complexity index is 1460. The number of aromatic amines is 2. The Hall–Kier alpha value is -5.26. The molecular weight excluding hydrogens is 460 g/mol. The fourth-order valence-electron chi connectivity index (χ4n) is 3.38. The van der Waals surface area contributed by atoms with Crippen molar-refractivity contribution in [2.24, 2.45) is 0 Å². The van der Waals surface area contributed by atoms with Gasteiger partial charge >= 0.3 is 0 Å². The van der Waals surface area contributed by atoms with Gasteiger partial charge in [-0.3, -0.25) is 25.1 Å². The molecule has 0 radical (unpaired) electrons. The smallest absolute Gasteiger partial charge is 0.295 e. The summed E-state index contributed by atoms with van der Waals surface area (Å²) in [6, 6.07) is 16.7. The summed E-state index contributed by atoms with van der Waals surface area (Å²) in [4.78, 5) is 41.9. The first-order valence-electron chi connectivity index (χ1n) is 10.9. The third kappa shape index (κ3) is 4.97. The fourth-order valence-corrected chi connectivity index (χ4v) is 3.38. The van der Waals surface area contributed by atoms with E-state index in [-0.39, 0.29) is 23.4 Å². The van der Waals surface area contributed by atoms with E-state index in [1.165, 1.54) is 12.3 Å². The SMILES string of the molecule is Cc1cccc(-c2n[nH]c(C(=O)Nc3ccnc(NC(=O)c4nc(-c5cccc(C)c5)n[nH]4)n3)n2)c1. The van der Waals surface area contributed by atoms with Gasteiger partial charge in [0.15, 0.2) is 11.6 Å². The van der Waals surface area contributed by atoms with E-state index in [2.05, 4.69) is 51.0 Å². The molecule has 0 aliphatic heterocycles. The van der Waals surface area contributed by atoms with Gasteiger partial charge in [-0.2, -0.15) is 15.2 Å². The van der Waals surface area contributed by atoms with Gasteiger partial charge in [0, 0.05) is 17.3 Å². The highest BCUT2D eigenvalue weighted by atomic mass is 16.2. The summed E-state index contributed by atoms with van der Waals surface area (Å²) in [6.45, 7) is 3.92. The number of nitrogens with zero attached hydrogens (tertiary/aromatic N) is 6. The fraction of sp³-hybridized carbons (Fsp3) is 0.0833. The first-order chi connectivity index (χ1) is 17.4. The Morgan fingerprint density at radius 1 is 0.722 bits per heavy atom. The Kier molecular flexibility index (Phi) is 5.97. The third-order valence-corrected chi connectivity index (χ3v) is 5.08. The molecule has 0 aliphatic rings. The lowest BCUT2D eigenvalue weighted by molar-refractivity contribution is 0.101.